The predicted octanol–water partition coefficient (Wildman–Crippen LogP) is 3.70. The fourth-order valence-corrected chi connectivity index (χ4v) is 2.12. The number of nitrogens with zero attached hydrogens (tertiary/aromatic N) is 1. The van der Waals surface area contributed by atoms with E-state index < -0.39 is 11.0 Å². The van der Waals surface area contributed by atoms with Crippen LogP contribution in [0, 0.1) is 17.0 Å². The molecule has 0 bridgehead atoms. The number of nitrogens with one attached hydrogen (secondary N) is 1. The van der Waals surface area contributed by atoms with E-state index in [0.29, 0.717) is 17.1 Å². The third kappa shape index (κ3) is 3.71. The van der Waals surface area contributed by atoms with Crippen LogP contribution in [-0.2, 0) is 0 Å². The lowest BCUT2D eigenvalue weighted by atomic mass is 10.1. The molecule has 0 fully saturated rings. The largest absolute Gasteiger partial charge is 0.387 e. The van der Waals surface area contributed by atoms with Gasteiger partial charge in [-0.2, -0.15) is 0 Å². The Morgan fingerprint density at radius 3 is 2.57 bits per heavy atom. The maximum absolute atomic E-state index is 10.6. The van der Waals surface area contributed by atoms with Crippen LogP contribution in [0.1, 0.15) is 17.2 Å². The van der Waals surface area contributed by atoms with Gasteiger partial charge in [0.15, 0.2) is 0 Å². The lowest BCUT2D eigenvalue weighted by Crippen LogP contribution is -2.12. The second-order valence-electron chi connectivity index (χ2n) is 4.66. The Morgan fingerprint density at radius 2 is 1.95 bits per heavy atom. The molecule has 1 unspecified atom stereocenters. The standard InChI is InChI=1S/C15H15ClN2O3/c1-10-13(16)3-2-4-14(10)17-9-15(19)11-5-7-12(8-6-11)18(20)21/h2-8,15,17,19H,9H2,1H3. The van der Waals surface area contributed by atoms with Crippen LogP contribution in [0.2, 0.25) is 5.02 Å². The van der Waals surface area contributed by atoms with E-state index in [1.807, 2.05) is 19.1 Å². The van der Waals surface area contributed by atoms with Gasteiger partial charge in [0, 0.05) is 29.4 Å². The van der Waals surface area contributed by atoms with E-state index in [9.17, 15) is 15.2 Å². The van der Waals surface area contributed by atoms with Gasteiger partial charge in [-0.3, -0.25) is 10.1 Å². The highest BCUT2D eigenvalue weighted by molar-refractivity contribution is 6.31. The number of anilines is 1. The summed E-state index contributed by atoms with van der Waals surface area (Å²) >= 11 is 6.03. The zero-order valence-corrected chi connectivity index (χ0v) is 12.2. The van der Waals surface area contributed by atoms with Gasteiger partial charge in [-0.15, -0.1) is 0 Å². The monoisotopic (exact) mass is 306 g/mol. The van der Waals surface area contributed by atoms with Gasteiger partial charge in [-0.25, -0.2) is 0 Å². The number of hydrogen-bond donors (Lipinski definition) is 2. The van der Waals surface area contributed by atoms with Crippen molar-refractivity contribution < 1.29 is 10.0 Å². The lowest BCUT2D eigenvalue weighted by molar-refractivity contribution is -0.384. The van der Waals surface area contributed by atoms with E-state index in [1.165, 1.54) is 12.1 Å². The number of nitro groups is 1. The molecule has 5 nitrogen and oxygen atoms in total. The molecule has 2 N–H and O–H groups in total. The Hall–Kier alpha value is -2.11. The molecule has 0 aliphatic heterocycles. The van der Waals surface area contributed by atoms with Crippen LogP contribution >= 0.6 is 11.6 Å². The van der Waals surface area contributed by atoms with Crippen molar-refractivity contribution in [1.29, 1.82) is 0 Å². The van der Waals surface area contributed by atoms with Gasteiger partial charge < -0.3 is 10.4 Å². The first kappa shape index (κ1) is 15.3. The molecule has 2 aromatic rings. The summed E-state index contributed by atoms with van der Waals surface area (Å²) in [5, 5.41) is 24.5. The summed E-state index contributed by atoms with van der Waals surface area (Å²) in [7, 11) is 0. The zero-order valence-electron chi connectivity index (χ0n) is 11.4. The average molecular weight is 307 g/mol. The Labute approximate surface area is 127 Å². The fourth-order valence-electron chi connectivity index (χ4n) is 1.94. The van der Waals surface area contributed by atoms with Crippen molar-refractivity contribution in [2.45, 2.75) is 13.0 Å². The number of aliphatic hydroxyl groups excluding tert-OH is 1. The first-order valence-electron chi connectivity index (χ1n) is 6.40. The van der Waals surface area contributed by atoms with E-state index in [1.54, 1.807) is 18.2 Å². The Bertz CT molecular complexity index is 644. The summed E-state index contributed by atoms with van der Waals surface area (Å²) in [5.74, 6) is 0. The molecule has 21 heavy (non-hydrogen) atoms. The Balaban J connectivity index is 2.03. The highest BCUT2D eigenvalue weighted by Crippen LogP contribution is 2.24. The van der Waals surface area contributed by atoms with Crippen molar-refractivity contribution in [3.8, 4) is 0 Å². The third-order valence-corrected chi connectivity index (χ3v) is 3.65. The van der Waals surface area contributed by atoms with Gasteiger partial charge in [0.25, 0.3) is 5.69 Å². The molecule has 2 rings (SSSR count). The predicted molar refractivity (Wildman–Crippen MR) is 82.7 cm³/mol. The zero-order chi connectivity index (χ0) is 15.4. The van der Waals surface area contributed by atoms with Crippen molar-refractivity contribution in [3.63, 3.8) is 0 Å². The quantitative estimate of drug-likeness (QED) is 0.652. The SMILES string of the molecule is Cc1c(Cl)cccc1NCC(O)c1ccc([N+](=O)[O-])cc1. The normalized spacial score (nSPS) is 12.0. The maximum Gasteiger partial charge on any atom is 0.269 e. The lowest BCUT2D eigenvalue weighted by Gasteiger charge is -2.15. The summed E-state index contributed by atoms with van der Waals surface area (Å²) in [6.07, 6.45) is -0.760. The van der Waals surface area contributed by atoms with Gasteiger partial charge in [0.1, 0.15) is 0 Å². The minimum absolute atomic E-state index is 0.00425. The molecule has 0 radical (unpaired) electrons. The Morgan fingerprint density at radius 1 is 1.29 bits per heavy atom. The van der Waals surface area contributed by atoms with E-state index in [0.717, 1.165) is 11.3 Å². The molecule has 0 aliphatic rings. The van der Waals surface area contributed by atoms with E-state index >= 15 is 0 Å². The van der Waals surface area contributed by atoms with Crippen LogP contribution in [0.5, 0.6) is 0 Å². The smallest absolute Gasteiger partial charge is 0.269 e. The number of aliphatic hydroxyl groups is 1. The van der Waals surface area contributed by atoms with Gasteiger partial charge in [-0.05, 0) is 42.3 Å². The average Bonchev–Trinajstić information content (AvgIpc) is 2.48. The van der Waals surface area contributed by atoms with Crippen LogP contribution in [0.4, 0.5) is 11.4 Å². The molecule has 0 saturated carbocycles. The van der Waals surface area contributed by atoms with Gasteiger partial charge >= 0.3 is 0 Å². The van der Waals surface area contributed by atoms with Crippen LogP contribution in [0.25, 0.3) is 0 Å². The van der Waals surface area contributed by atoms with Crippen LogP contribution in [0.3, 0.4) is 0 Å². The van der Waals surface area contributed by atoms with Crippen LogP contribution < -0.4 is 5.32 Å². The van der Waals surface area contributed by atoms with Crippen molar-refractivity contribution in [1.82, 2.24) is 0 Å². The molecular weight excluding hydrogens is 292 g/mol. The molecule has 2 aromatic carbocycles. The van der Waals surface area contributed by atoms with Gasteiger partial charge in [-0.1, -0.05) is 17.7 Å². The number of rotatable bonds is 5. The topological polar surface area (TPSA) is 75.4 Å². The summed E-state index contributed by atoms with van der Waals surface area (Å²) in [6, 6.07) is 11.4. The molecule has 0 saturated heterocycles. The van der Waals surface area contributed by atoms with Crippen LogP contribution in [0.15, 0.2) is 42.5 Å². The number of hydrogen-bond acceptors (Lipinski definition) is 4. The maximum atomic E-state index is 10.6. The van der Waals surface area contributed by atoms with Gasteiger partial charge in [0.2, 0.25) is 0 Å². The molecule has 1 atom stereocenters. The van der Waals surface area contributed by atoms with E-state index in [4.69, 9.17) is 11.6 Å². The molecule has 0 aromatic heterocycles. The molecule has 0 aliphatic carbocycles. The minimum Gasteiger partial charge on any atom is -0.387 e. The molecular formula is C15H15ClN2O3. The first-order chi connectivity index (χ1) is 9.99. The number of non-ortho nitro benzene ring substituents is 1. The first-order valence-corrected chi connectivity index (χ1v) is 6.78. The second kappa shape index (κ2) is 6.56. The van der Waals surface area contributed by atoms with Gasteiger partial charge in [0.05, 0.1) is 11.0 Å². The van der Waals surface area contributed by atoms with Crippen molar-refractivity contribution in [2.24, 2.45) is 0 Å². The summed E-state index contributed by atoms with van der Waals surface area (Å²) in [4.78, 5) is 10.1. The van der Waals surface area contributed by atoms with E-state index in [-0.39, 0.29) is 5.69 Å². The number of benzene rings is 2. The van der Waals surface area contributed by atoms with Crippen molar-refractivity contribution >= 4 is 23.0 Å². The minimum atomic E-state index is -0.760. The van der Waals surface area contributed by atoms with Crippen molar-refractivity contribution in [2.75, 3.05) is 11.9 Å². The summed E-state index contributed by atoms with van der Waals surface area (Å²) in [5.41, 5.74) is 2.39. The molecule has 110 valence electrons. The second-order valence-corrected chi connectivity index (χ2v) is 5.06. The summed E-state index contributed by atoms with van der Waals surface area (Å²) in [6.45, 7) is 2.18. The summed E-state index contributed by atoms with van der Waals surface area (Å²) < 4.78 is 0. The molecule has 0 spiro atoms. The highest BCUT2D eigenvalue weighted by Gasteiger charge is 2.11. The van der Waals surface area contributed by atoms with Crippen LogP contribution in [-0.4, -0.2) is 16.6 Å². The number of halogens is 1. The fraction of sp³-hybridized carbons (Fsp3) is 0.200. The van der Waals surface area contributed by atoms with E-state index in [2.05, 4.69) is 5.32 Å². The Kier molecular flexibility index (Phi) is 4.77. The molecule has 0 heterocycles. The highest BCUT2D eigenvalue weighted by atomic mass is 35.5. The van der Waals surface area contributed by atoms with Crippen molar-refractivity contribution in [3.05, 3.63) is 68.7 Å². The third-order valence-electron chi connectivity index (χ3n) is 3.24. The molecule has 0 amide bonds. The molecule has 6 heteroatoms. The number of nitro benzene ring substituents is 1.